The summed E-state index contributed by atoms with van der Waals surface area (Å²) in [5.41, 5.74) is 0. The molecule has 1 saturated heterocycles. The number of methoxy groups -OCH3 is 1. The molecular formula is C27H56NO7P. The van der Waals surface area contributed by atoms with Gasteiger partial charge in [0, 0.05) is 7.11 Å². The van der Waals surface area contributed by atoms with Crippen molar-refractivity contribution in [2.24, 2.45) is 0 Å². The number of unbranched alkanes of at least 4 members (excludes halogenated alkanes) is 14. The quantitative estimate of drug-likeness (QED) is 0.0667. The molecular weight excluding hydrogens is 481 g/mol. The van der Waals surface area contributed by atoms with Gasteiger partial charge >= 0.3 is 0 Å². The van der Waals surface area contributed by atoms with Crippen molar-refractivity contribution in [2.75, 3.05) is 48.0 Å². The van der Waals surface area contributed by atoms with E-state index in [1.165, 1.54) is 97.0 Å². The van der Waals surface area contributed by atoms with Crippen LogP contribution in [0.15, 0.2) is 0 Å². The number of ether oxygens (including phenoxy) is 3. The van der Waals surface area contributed by atoms with Crippen LogP contribution in [0.4, 0.5) is 0 Å². The summed E-state index contributed by atoms with van der Waals surface area (Å²) < 4.78 is 39.3. The van der Waals surface area contributed by atoms with Crippen molar-refractivity contribution in [3.63, 3.8) is 0 Å². The minimum absolute atomic E-state index is 0.0105. The van der Waals surface area contributed by atoms with Gasteiger partial charge in [0.25, 0.3) is 7.82 Å². The first-order valence-electron chi connectivity index (χ1n) is 14.4. The Kier molecular flexibility index (Phi) is 18.8. The van der Waals surface area contributed by atoms with E-state index in [4.69, 9.17) is 23.3 Å². The fraction of sp³-hybridized carbons (Fsp3) is 1.00. The number of phosphoric ester groups is 1. The Morgan fingerprint density at radius 3 is 1.75 bits per heavy atom. The Morgan fingerprint density at radius 1 is 0.833 bits per heavy atom. The maximum absolute atomic E-state index is 12.2. The molecule has 0 aromatic carbocycles. The highest BCUT2D eigenvalue weighted by molar-refractivity contribution is 7.45. The van der Waals surface area contributed by atoms with E-state index in [1.54, 1.807) is 0 Å². The summed E-state index contributed by atoms with van der Waals surface area (Å²) in [6.45, 7) is 3.03. The molecule has 0 bridgehead atoms. The lowest BCUT2D eigenvalue weighted by atomic mass is 10.0. The van der Waals surface area contributed by atoms with E-state index < -0.39 is 20.4 Å². The third kappa shape index (κ3) is 19.1. The van der Waals surface area contributed by atoms with Gasteiger partial charge in [0.1, 0.15) is 6.54 Å². The molecule has 2 unspecified atom stereocenters. The van der Waals surface area contributed by atoms with E-state index in [-0.39, 0.29) is 12.7 Å². The molecule has 0 aromatic heterocycles. The maximum atomic E-state index is 12.2. The van der Waals surface area contributed by atoms with Gasteiger partial charge in [-0.05, 0) is 6.42 Å². The number of hydrogen-bond acceptors (Lipinski definition) is 7. The zero-order valence-corrected chi connectivity index (χ0v) is 24.8. The normalized spacial score (nSPS) is 21.4. The Morgan fingerprint density at radius 2 is 1.33 bits per heavy atom. The largest absolute Gasteiger partial charge is 0.756 e. The summed E-state index contributed by atoms with van der Waals surface area (Å²) in [5, 5.41) is 0. The van der Waals surface area contributed by atoms with Gasteiger partial charge < -0.3 is 23.6 Å². The highest BCUT2D eigenvalue weighted by atomic mass is 31.2. The molecule has 0 radical (unpaired) electrons. The second-order valence-electron chi connectivity index (χ2n) is 11.3. The number of hydrogen-bond donors (Lipinski definition) is 0. The third-order valence-electron chi connectivity index (χ3n) is 6.52. The Balaban J connectivity index is 1.99. The lowest BCUT2D eigenvalue weighted by Gasteiger charge is -2.35. The van der Waals surface area contributed by atoms with Gasteiger partial charge in [-0.15, -0.1) is 0 Å². The molecule has 8 nitrogen and oxygen atoms in total. The Bertz CT molecular complexity index is 565. The minimum Gasteiger partial charge on any atom is -0.756 e. The van der Waals surface area contributed by atoms with E-state index in [1.807, 2.05) is 21.1 Å². The van der Waals surface area contributed by atoms with Crippen molar-refractivity contribution in [3.8, 4) is 0 Å². The summed E-state index contributed by atoms with van der Waals surface area (Å²) in [4.78, 5) is 12.2. The fourth-order valence-electron chi connectivity index (χ4n) is 4.41. The fourth-order valence-corrected chi connectivity index (χ4v) is 5.31. The highest BCUT2D eigenvalue weighted by Gasteiger charge is 2.29. The van der Waals surface area contributed by atoms with Crippen LogP contribution in [0.1, 0.15) is 110 Å². The molecule has 1 rings (SSSR count). The lowest BCUT2D eigenvalue weighted by Crippen LogP contribution is -2.43. The van der Waals surface area contributed by atoms with Crippen molar-refractivity contribution in [3.05, 3.63) is 0 Å². The molecule has 0 spiro atoms. The van der Waals surface area contributed by atoms with Gasteiger partial charge in [-0.25, -0.2) is 0 Å². The standard InChI is InChI=1S/C27H56NO7P/c1-6-7-8-9-10-11-12-13-14-15-16-17-18-19-20-21-25-23-33-27(24-32-25)35-36(29,30)34-26(31-5)22-28(2,3)4/h25-27H,6-24H2,1-5H3/t25-,26?,27+/m1/s1. The first kappa shape index (κ1) is 34.0. The van der Waals surface area contributed by atoms with Crippen LogP contribution in [-0.2, 0) is 27.8 Å². The Labute approximate surface area is 221 Å². The number of phosphoric acid groups is 1. The van der Waals surface area contributed by atoms with Crippen molar-refractivity contribution < 1.29 is 37.2 Å². The second-order valence-corrected chi connectivity index (χ2v) is 12.6. The molecule has 9 heteroatoms. The molecule has 0 aromatic rings. The van der Waals surface area contributed by atoms with E-state index in [0.717, 1.165) is 12.8 Å². The monoisotopic (exact) mass is 537 g/mol. The van der Waals surface area contributed by atoms with Gasteiger partial charge in [-0.3, -0.25) is 13.6 Å². The van der Waals surface area contributed by atoms with Crippen LogP contribution >= 0.6 is 7.82 Å². The van der Waals surface area contributed by atoms with Crippen molar-refractivity contribution in [1.82, 2.24) is 0 Å². The second kappa shape index (κ2) is 19.9. The zero-order chi connectivity index (χ0) is 26.7. The van der Waals surface area contributed by atoms with Crippen LogP contribution in [0.5, 0.6) is 0 Å². The Hall–Kier alpha value is -0.0500. The first-order valence-corrected chi connectivity index (χ1v) is 15.9. The smallest absolute Gasteiger partial charge is 0.272 e. The molecule has 0 aliphatic carbocycles. The molecule has 0 N–H and O–H groups in total. The number of likely N-dealkylation sites (N-methyl/N-ethyl adjacent to an activating group) is 1. The van der Waals surface area contributed by atoms with E-state index in [0.29, 0.717) is 17.6 Å². The molecule has 1 fully saturated rings. The SMILES string of the molecule is CCCCCCCCCCCCCCCCC[C@@H]1CO[C@@H](OP(=O)([O-])OC(C[N+](C)(C)C)OC)CO1. The molecule has 1 aliphatic rings. The van der Waals surface area contributed by atoms with Crippen LogP contribution in [0.25, 0.3) is 0 Å². The van der Waals surface area contributed by atoms with Crippen molar-refractivity contribution in [2.45, 2.75) is 128 Å². The van der Waals surface area contributed by atoms with Crippen LogP contribution in [0.2, 0.25) is 0 Å². The number of rotatable bonds is 23. The summed E-state index contributed by atoms with van der Waals surface area (Å²) in [7, 11) is 2.58. The molecule has 216 valence electrons. The van der Waals surface area contributed by atoms with Gasteiger partial charge in [0.05, 0.1) is 40.5 Å². The topological polar surface area (TPSA) is 86.3 Å². The van der Waals surface area contributed by atoms with E-state index >= 15 is 0 Å². The van der Waals surface area contributed by atoms with Crippen LogP contribution in [0, 0.1) is 0 Å². The van der Waals surface area contributed by atoms with E-state index in [9.17, 15) is 9.46 Å². The van der Waals surface area contributed by atoms with Gasteiger partial charge in [-0.1, -0.05) is 103 Å². The van der Waals surface area contributed by atoms with Crippen LogP contribution in [-0.4, -0.2) is 71.2 Å². The zero-order valence-electron chi connectivity index (χ0n) is 23.9. The average Bonchev–Trinajstić information content (AvgIpc) is 2.81. The predicted octanol–water partition coefficient (Wildman–Crippen LogP) is 6.17. The minimum atomic E-state index is -4.58. The lowest BCUT2D eigenvalue weighted by molar-refractivity contribution is -0.876. The van der Waals surface area contributed by atoms with E-state index in [2.05, 4.69) is 6.92 Å². The summed E-state index contributed by atoms with van der Waals surface area (Å²) in [6, 6.07) is 0. The average molecular weight is 538 g/mol. The third-order valence-corrected chi connectivity index (χ3v) is 7.51. The molecule has 4 atom stereocenters. The first-order chi connectivity index (χ1) is 17.1. The summed E-state index contributed by atoms with van der Waals surface area (Å²) >= 11 is 0. The molecule has 1 heterocycles. The van der Waals surface area contributed by atoms with Crippen molar-refractivity contribution in [1.29, 1.82) is 0 Å². The molecule has 1 aliphatic heterocycles. The highest BCUT2D eigenvalue weighted by Crippen LogP contribution is 2.42. The summed E-state index contributed by atoms with van der Waals surface area (Å²) in [5.74, 6) is 0. The predicted molar refractivity (Wildman–Crippen MR) is 142 cm³/mol. The van der Waals surface area contributed by atoms with Gasteiger partial charge in [0.2, 0.25) is 6.29 Å². The van der Waals surface area contributed by atoms with Crippen molar-refractivity contribution >= 4 is 7.82 Å². The molecule has 0 saturated carbocycles. The number of quaternary nitrogens is 1. The van der Waals surface area contributed by atoms with Gasteiger partial charge in [0.15, 0.2) is 6.29 Å². The molecule has 0 amide bonds. The maximum Gasteiger partial charge on any atom is 0.272 e. The van der Waals surface area contributed by atoms with Crippen LogP contribution < -0.4 is 4.89 Å². The number of nitrogens with zero attached hydrogens (tertiary/aromatic N) is 1. The van der Waals surface area contributed by atoms with Gasteiger partial charge in [-0.2, -0.15) is 0 Å². The van der Waals surface area contributed by atoms with Crippen LogP contribution in [0.3, 0.4) is 0 Å². The molecule has 36 heavy (non-hydrogen) atoms. The summed E-state index contributed by atoms with van der Waals surface area (Å²) in [6.07, 6.45) is 19.2.